The molecule has 2 aromatic rings. The van der Waals surface area contributed by atoms with Gasteiger partial charge >= 0.3 is 0 Å². The van der Waals surface area contributed by atoms with Crippen molar-refractivity contribution < 1.29 is 9.47 Å². The van der Waals surface area contributed by atoms with Crippen molar-refractivity contribution in [1.29, 1.82) is 0 Å². The van der Waals surface area contributed by atoms with E-state index in [1.807, 2.05) is 16.7 Å². The Morgan fingerprint density at radius 3 is 3.15 bits per heavy atom. The molecule has 3 rings (SSSR count). The van der Waals surface area contributed by atoms with Crippen molar-refractivity contribution in [2.24, 2.45) is 0 Å². The van der Waals surface area contributed by atoms with Crippen LogP contribution in [0.3, 0.4) is 0 Å². The SMILES string of the molecule is COC1(Cn2c(-c3cccnc3)n[nH]c2=S)CCOC1. The Balaban J connectivity index is 1.98. The monoisotopic (exact) mass is 292 g/mol. The smallest absolute Gasteiger partial charge is 0.195 e. The summed E-state index contributed by atoms with van der Waals surface area (Å²) in [6.45, 7) is 1.90. The molecule has 0 spiro atoms. The highest BCUT2D eigenvalue weighted by molar-refractivity contribution is 7.71. The fraction of sp³-hybridized carbons (Fsp3) is 0.462. The van der Waals surface area contributed by atoms with E-state index in [1.54, 1.807) is 19.5 Å². The quantitative estimate of drug-likeness (QED) is 0.871. The summed E-state index contributed by atoms with van der Waals surface area (Å²) in [7, 11) is 1.71. The average Bonchev–Trinajstić information content (AvgIpc) is 3.09. The molecule has 0 aliphatic carbocycles. The number of nitrogens with one attached hydrogen (secondary N) is 1. The molecule has 1 aliphatic heterocycles. The van der Waals surface area contributed by atoms with E-state index < -0.39 is 0 Å². The van der Waals surface area contributed by atoms with Gasteiger partial charge in [-0.15, -0.1) is 0 Å². The van der Waals surface area contributed by atoms with Crippen LogP contribution in [0, 0.1) is 4.77 Å². The van der Waals surface area contributed by atoms with Crippen LogP contribution in [0.1, 0.15) is 6.42 Å². The lowest BCUT2D eigenvalue weighted by Gasteiger charge is -2.26. The zero-order chi connectivity index (χ0) is 14.0. The molecular formula is C13H16N4O2S. The summed E-state index contributed by atoms with van der Waals surface area (Å²) < 4.78 is 13.7. The Kier molecular flexibility index (Phi) is 3.64. The molecule has 0 radical (unpaired) electrons. The van der Waals surface area contributed by atoms with Gasteiger partial charge in [-0.3, -0.25) is 14.6 Å². The molecule has 1 saturated heterocycles. The van der Waals surface area contributed by atoms with Crippen molar-refractivity contribution in [1.82, 2.24) is 19.7 Å². The molecule has 1 aliphatic rings. The van der Waals surface area contributed by atoms with E-state index in [4.69, 9.17) is 21.7 Å². The van der Waals surface area contributed by atoms with E-state index in [9.17, 15) is 0 Å². The van der Waals surface area contributed by atoms with Gasteiger partial charge in [0.2, 0.25) is 0 Å². The van der Waals surface area contributed by atoms with E-state index in [2.05, 4.69) is 15.2 Å². The largest absolute Gasteiger partial charge is 0.378 e. The van der Waals surface area contributed by atoms with Crippen LogP contribution in [-0.4, -0.2) is 45.7 Å². The van der Waals surface area contributed by atoms with Gasteiger partial charge in [-0.2, -0.15) is 5.10 Å². The van der Waals surface area contributed by atoms with Crippen LogP contribution in [0.25, 0.3) is 11.4 Å². The van der Waals surface area contributed by atoms with Crippen molar-refractivity contribution in [3.63, 3.8) is 0 Å². The minimum Gasteiger partial charge on any atom is -0.378 e. The van der Waals surface area contributed by atoms with Crippen LogP contribution in [-0.2, 0) is 16.0 Å². The number of ether oxygens (including phenoxy) is 2. The first-order valence-corrected chi connectivity index (χ1v) is 6.83. The van der Waals surface area contributed by atoms with Crippen molar-refractivity contribution in [2.75, 3.05) is 20.3 Å². The van der Waals surface area contributed by atoms with Crippen LogP contribution >= 0.6 is 12.2 Å². The fourth-order valence-corrected chi connectivity index (χ4v) is 2.60. The number of pyridine rings is 1. The molecule has 1 atom stereocenters. The van der Waals surface area contributed by atoms with E-state index in [0.29, 0.717) is 24.5 Å². The highest BCUT2D eigenvalue weighted by Crippen LogP contribution is 2.27. The molecule has 0 aromatic carbocycles. The lowest BCUT2D eigenvalue weighted by molar-refractivity contribution is -0.0295. The molecule has 1 unspecified atom stereocenters. The molecule has 1 N–H and O–H groups in total. The summed E-state index contributed by atoms with van der Waals surface area (Å²) in [5, 5.41) is 7.15. The van der Waals surface area contributed by atoms with Crippen LogP contribution in [0.5, 0.6) is 0 Å². The number of methoxy groups -OCH3 is 1. The van der Waals surface area contributed by atoms with Gasteiger partial charge in [0.1, 0.15) is 5.60 Å². The first-order valence-electron chi connectivity index (χ1n) is 6.43. The molecule has 20 heavy (non-hydrogen) atoms. The third-order valence-electron chi connectivity index (χ3n) is 3.62. The molecule has 7 heteroatoms. The lowest BCUT2D eigenvalue weighted by Crippen LogP contribution is -2.37. The van der Waals surface area contributed by atoms with Crippen LogP contribution in [0.2, 0.25) is 0 Å². The predicted octanol–water partition coefficient (Wildman–Crippen LogP) is 1.81. The zero-order valence-corrected chi connectivity index (χ0v) is 12.0. The van der Waals surface area contributed by atoms with Crippen LogP contribution < -0.4 is 0 Å². The Morgan fingerprint density at radius 2 is 2.50 bits per heavy atom. The Morgan fingerprint density at radius 1 is 1.60 bits per heavy atom. The Hall–Kier alpha value is -1.57. The Labute approximate surface area is 121 Å². The van der Waals surface area contributed by atoms with Crippen molar-refractivity contribution >= 4 is 12.2 Å². The standard InChI is InChI=1S/C13H16N4O2S/c1-18-13(4-6-19-9-13)8-17-11(15-16-12(17)20)10-3-2-5-14-7-10/h2-3,5,7H,4,6,8-9H2,1H3,(H,16,20). The average molecular weight is 292 g/mol. The van der Waals surface area contributed by atoms with Gasteiger partial charge in [0.25, 0.3) is 0 Å². The number of aromatic nitrogens is 4. The first-order chi connectivity index (χ1) is 9.74. The third-order valence-corrected chi connectivity index (χ3v) is 3.94. The number of hydrogen-bond acceptors (Lipinski definition) is 5. The van der Waals surface area contributed by atoms with Crippen molar-refractivity contribution in [2.45, 2.75) is 18.6 Å². The minimum atomic E-state index is -0.334. The van der Waals surface area contributed by atoms with Crippen molar-refractivity contribution in [3.8, 4) is 11.4 Å². The van der Waals surface area contributed by atoms with E-state index in [1.165, 1.54) is 0 Å². The number of hydrogen-bond donors (Lipinski definition) is 1. The first kappa shape index (κ1) is 13.4. The second kappa shape index (κ2) is 5.43. The van der Waals surface area contributed by atoms with Gasteiger partial charge in [-0.05, 0) is 24.4 Å². The van der Waals surface area contributed by atoms with Crippen LogP contribution in [0.15, 0.2) is 24.5 Å². The second-order valence-electron chi connectivity index (χ2n) is 4.87. The molecular weight excluding hydrogens is 276 g/mol. The van der Waals surface area contributed by atoms with Gasteiger partial charge in [0, 0.05) is 38.1 Å². The normalized spacial score (nSPS) is 22.2. The van der Waals surface area contributed by atoms with E-state index >= 15 is 0 Å². The highest BCUT2D eigenvalue weighted by Gasteiger charge is 2.36. The molecule has 6 nitrogen and oxygen atoms in total. The maximum Gasteiger partial charge on any atom is 0.195 e. The minimum absolute atomic E-state index is 0.334. The zero-order valence-electron chi connectivity index (χ0n) is 11.2. The van der Waals surface area contributed by atoms with E-state index in [-0.39, 0.29) is 5.60 Å². The molecule has 106 valence electrons. The topological polar surface area (TPSA) is 65.0 Å². The van der Waals surface area contributed by atoms with Crippen LogP contribution in [0.4, 0.5) is 0 Å². The van der Waals surface area contributed by atoms with Gasteiger partial charge in [0.05, 0.1) is 13.2 Å². The van der Waals surface area contributed by atoms with Gasteiger partial charge in [0.15, 0.2) is 10.6 Å². The third kappa shape index (κ3) is 2.39. The maximum atomic E-state index is 5.67. The number of rotatable bonds is 4. The summed E-state index contributed by atoms with van der Waals surface area (Å²) in [6.07, 6.45) is 4.35. The highest BCUT2D eigenvalue weighted by atomic mass is 32.1. The summed E-state index contributed by atoms with van der Waals surface area (Å²) in [5.74, 6) is 0.770. The summed E-state index contributed by atoms with van der Waals surface area (Å²) >= 11 is 5.33. The van der Waals surface area contributed by atoms with Gasteiger partial charge in [-0.1, -0.05) is 0 Å². The molecule has 0 saturated carbocycles. The van der Waals surface area contributed by atoms with Crippen molar-refractivity contribution in [3.05, 3.63) is 29.3 Å². The summed E-state index contributed by atoms with van der Waals surface area (Å²) in [5.41, 5.74) is 0.587. The number of H-pyrrole nitrogens is 1. The summed E-state index contributed by atoms with van der Waals surface area (Å²) in [6, 6.07) is 3.83. The molecule has 2 aromatic heterocycles. The second-order valence-corrected chi connectivity index (χ2v) is 5.26. The number of nitrogens with zero attached hydrogens (tertiary/aromatic N) is 3. The maximum absolute atomic E-state index is 5.67. The molecule has 1 fully saturated rings. The Bertz CT molecular complexity index is 631. The molecule has 3 heterocycles. The van der Waals surface area contributed by atoms with Gasteiger partial charge in [-0.25, -0.2) is 0 Å². The lowest BCUT2D eigenvalue weighted by atomic mass is 10.0. The summed E-state index contributed by atoms with van der Waals surface area (Å²) in [4.78, 5) is 4.12. The fourth-order valence-electron chi connectivity index (χ4n) is 2.41. The predicted molar refractivity (Wildman–Crippen MR) is 75.8 cm³/mol. The van der Waals surface area contributed by atoms with Gasteiger partial charge < -0.3 is 9.47 Å². The molecule has 0 bridgehead atoms. The molecule has 0 amide bonds. The number of aromatic amines is 1. The van der Waals surface area contributed by atoms with E-state index in [0.717, 1.165) is 17.8 Å².